The summed E-state index contributed by atoms with van der Waals surface area (Å²) in [7, 11) is 1.58. The number of ether oxygens (including phenoxy) is 1. The maximum absolute atomic E-state index is 12.9. The molecule has 0 aliphatic heterocycles. The SMILES string of the molecule is CCn1c(C)cc(C(=O)CSc2nc3cc(Cl)ccc3c(=O)n2CCOC)c1C. The third-order valence-electron chi connectivity index (χ3n) is 4.92. The molecule has 0 aliphatic rings. The van der Waals surface area contributed by atoms with Crippen LogP contribution in [0.4, 0.5) is 0 Å². The van der Waals surface area contributed by atoms with Gasteiger partial charge in [0, 0.05) is 35.6 Å². The van der Waals surface area contributed by atoms with Gasteiger partial charge in [-0.15, -0.1) is 0 Å². The van der Waals surface area contributed by atoms with E-state index >= 15 is 0 Å². The average Bonchev–Trinajstić information content (AvgIpc) is 2.98. The lowest BCUT2D eigenvalue weighted by Gasteiger charge is -2.13. The number of thioether (sulfide) groups is 1. The summed E-state index contributed by atoms with van der Waals surface area (Å²) in [5.41, 5.74) is 3.10. The third-order valence-corrected chi connectivity index (χ3v) is 6.14. The number of aromatic nitrogens is 3. The molecule has 0 N–H and O–H groups in total. The van der Waals surface area contributed by atoms with Crippen molar-refractivity contribution < 1.29 is 9.53 Å². The zero-order valence-corrected chi connectivity index (χ0v) is 18.6. The van der Waals surface area contributed by atoms with Gasteiger partial charge in [0.1, 0.15) is 0 Å². The first-order valence-corrected chi connectivity index (χ1v) is 10.8. The fourth-order valence-electron chi connectivity index (χ4n) is 3.44. The van der Waals surface area contributed by atoms with Gasteiger partial charge >= 0.3 is 0 Å². The Morgan fingerprint density at radius 2 is 2.00 bits per heavy atom. The molecule has 0 fully saturated rings. The molecule has 8 heteroatoms. The van der Waals surface area contributed by atoms with E-state index in [1.54, 1.807) is 29.9 Å². The zero-order chi connectivity index (χ0) is 21.1. The van der Waals surface area contributed by atoms with Gasteiger partial charge in [-0.05, 0) is 45.0 Å². The number of carbonyl (C=O) groups is 1. The lowest BCUT2D eigenvalue weighted by molar-refractivity contribution is 0.102. The predicted molar refractivity (Wildman–Crippen MR) is 118 cm³/mol. The minimum Gasteiger partial charge on any atom is -0.383 e. The van der Waals surface area contributed by atoms with Crippen LogP contribution in [0.25, 0.3) is 10.9 Å². The highest BCUT2D eigenvalue weighted by Crippen LogP contribution is 2.23. The van der Waals surface area contributed by atoms with Crippen LogP contribution in [0.5, 0.6) is 0 Å². The molecule has 0 bridgehead atoms. The Balaban J connectivity index is 1.94. The molecule has 1 aromatic carbocycles. The van der Waals surface area contributed by atoms with Crippen molar-refractivity contribution in [3.8, 4) is 0 Å². The number of hydrogen-bond donors (Lipinski definition) is 0. The number of Topliss-reactive ketones (excluding diaryl/α,β-unsaturated/α-hetero) is 1. The number of halogens is 1. The molecule has 6 nitrogen and oxygen atoms in total. The summed E-state index contributed by atoms with van der Waals surface area (Å²) in [6, 6.07) is 6.94. The van der Waals surface area contributed by atoms with Crippen LogP contribution in [-0.4, -0.2) is 39.4 Å². The molecule has 3 rings (SSSR count). The Morgan fingerprint density at radius 1 is 1.24 bits per heavy atom. The van der Waals surface area contributed by atoms with Crippen LogP contribution in [0.1, 0.15) is 28.7 Å². The van der Waals surface area contributed by atoms with E-state index in [4.69, 9.17) is 16.3 Å². The Labute approximate surface area is 178 Å². The second-order valence-electron chi connectivity index (χ2n) is 6.75. The fourth-order valence-corrected chi connectivity index (χ4v) is 4.52. The van der Waals surface area contributed by atoms with Gasteiger partial charge in [0.15, 0.2) is 10.9 Å². The van der Waals surface area contributed by atoms with Crippen LogP contribution >= 0.6 is 23.4 Å². The van der Waals surface area contributed by atoms with E-state index in [1.165, 1.54) is 11.8 Å². The number of methoxy groups -OCH3 is 1. The van der Waals surface area contributed by atoms with E-state index in [0.29, 0.717) is 39.8 Å². The first-order chi connectivity index (χ1) is 13.9. The van der Waals surface area contributed by atoms with Crippen molar-refractivity contribution in [1.29, 1.82) is 0 Å². The number of aryl methyl sites for hydroxylation is 1. The quantitative estimate of drug-likeness (QED) is 0.304. The van der Waals surface area contributed by atoms with Gasteiger partial charge in [-0.1, -0.05) is 23.4 Å². The maximum atomic E-state index is 12.9. The highest BCUT2D eigenvalue weighted by atomic mass is 35.5. The number of benzene rings is 1. The van der Waals surface area contributed by atoms with Crippen molar-refractivity contribution >= 4 is 40.0 Å². The second-order valence-corrected chi connectivity index (χ2v) is 8.13. The molecule has 0 unspecified atom stereocenters. The zero-order valence-electron chi connectivity index (χ0n) is 17.0. The molecule has 2 aromatic heterocycles. The molecule has 29 heavy (non-hydrogen) atoms. The number of hydrogen-bond acceptors (Lipinski definition) is 5. The van der Waals surface area contributed by atoms with Gasteiger partial charge in [0.25, 0.3) is 5.56 Å². The first kappa shape index (κ1) is 21.6. The van der Waals surface area contributed by atoms with Gasteiger partial charge in [-0.2, -0.15) is 0 Å². The Bertz CT molecular complexity index is 1120. The lowest BCUT2D eigenvalue weighted by atomic mass is 10.2. The van der Waals surface area contributed by atoms with E-state index in [1.807, 2.05) is 19.9 Å². The third kappa shape index (κ3) is 4.42. The summed E-state index contributed by atoms with van der Waals surface area (Å²) in [6.45, 7) is 7.57. The monoisotopic (exact) mass is 433 g/mol. The summed E-state index contributed by atoms with van der Waals surface area (Å²) in [5, 5.41) is 1.49. The Kier molecular flexibility index (Phi) is 6.82. The molecule has 154 valence electrons. The van der Waals surface area contributed by atoms with Gasteiger partial charge in [-0.25, -0.2) is 4.98 Å². The summed E-state index contributed by atoms with van der Waals surface area (Å²) in [6.07, 6.45) is 0. The van der Waals surface area contributed by atoms with Crippen LogP contribution in [0.15, 0.2) is 34.2 Å². The van der Waals surface area contributed by atoms with Crippen LogP contribution in [-0.2, 0) is 17.8 Å². The fraction of sp³-hybridized carbons (Fsp3) is 0.381. The second kappa shape index (κ2) is 9.15. The smallest absolute Gasteiger partial charge is 0.262 e. The van der Waals surface area contributed by atoms with Crippen LogP contribution < -0.4 is 5.56 Å². The van der Waals surface area contributed by atoms with Gasteiger partial charge in [0.05, 0.1) is 29.8 Å². The van der Waals surface area contributed by atoms with Crippen LogP contribution in [0, 0.1) is 13.8 Å². The van der Waals surface area contributed by atoms with Gasteiger partial charge in [0.2, 0.25) is 0 Å². The van der Waals surface area contributed by atoms with Crippen molar-refractivity contribution in [2.24, 2.45) is 0 Å². The largest absolute Gasteiger partial charge is 0.383 e. The molecular formula is C21H24ClN3O3S. The molecule has 0 aliphatic carbocycles. The predicted octanol–water partition coefficient (Wildman–Crippen LogP) is 4.11. The van der Waals surface area contributed by atoms with Gasteiger partial charge < -0.3 is 9.30 Å². The molecule has 0 saturated heterocycles. The summed E-state index contributed by atoms with van der Waals surface area (Å²) >= 11 is 7.33. The highest BCUT2D eigenvalue weighted by Gasteiger charge is 2.18. The van der Waals surface area contributed by atoms with Gasteiger partial charge in [-0.3, -0.25) is 14.2 Å². The molecule has 0 radical (unpaired) electrons. The number of carbonyl (C=O) groups excluding carboxylic acids is 1. The topological polar surface area (TPSA) is 66.1 Å². The van der Waals surface area contributed by atoms with E-state index in [0.717, 1.165) is 17.9 Å². The molecule has 0 amide bonds. The van der Waals surface area contributed by atoms with Crippen molar-refractivity contribution in [2.75, 3.05) is 19.5 Å². The molecule has 2 heterocycles. The molecule has 0 saturated carbocycles. The van der Waals surface area contributed by atoms with Crippen molar-refractivity contribution in [1.82, 2.24) is 14.1 Å². The lowest BCUT2D eigenvalue weighted by Crippen LogP contribution is -2.25. The molecule has 0 spiro atoms. The maximum Gasteiger partial charge on any atom is 0.262 e. The van der Waals surface area contributed by atoms with E-state index in [9.17, 15) is 9.59 Å². The molecular weight excluding hydrogens is 410 g/mol. The average molecular weight is 434 g/mol. The number of rotatable bonds is 8. The summed E-state index contributed by atoms with van der Waals surface area (Å²) in [5.74, 6) is 0.209. The molecule has 0 atom stereocenters. The number of ketones is 1. The first-order valence-electron chi connectivity index (χ1n) is 9.39. The van der Waals surface area contributed by atoms with E-state index in [2.05, 4.69) is 16.5 Å². The van der Waals surface area contributed by atoms with Crippen LogP contribution in [0.2, 0.25) is 5.02 Å². The van der Waals surface area contributed by atoms with Crippen LogP contribution in [0.3, 0.4) is 0 Å². The number of fused-ring (bicyclic) bond motifs is 1. The van der Waals surface area contributed by atoms with E-state index in [-0.39, 0.29) is 17.1 Å². The molecule has 3 aromatic rings. The Morgan fingerprint density at radius 3 is 2.66 bits per heavy atom. The standard InChI is InChI=1S/C21H24ClN3O3S/c1-5-24-13(2)10-17(14(24)3)19(26)12-29-21-23-18-11-15(22)6-7-16(18)20(27)25(21)8-9-28-4/h6-7,10-11H,5,8-9,12H2,1-4H3. The van der Waals surface area contributed by atoms with Crippen molar-refractivity contribution in [2.45, 2.75) is 39.0 Å². The summed E-state index contributed by atoms with van der Waals surface area (Å²) in [4.78, 5) is 30.4. The minimum atomic E-state index is -0.164. The summed E-state index contributed by atoms with van der Waals surface area (Å²) < 4.78 is 8.81. The number of nitrogens with zero attached hydrogens (tertiary/aromatic N) is 3. The van der Waals surface area contributed by atoms with E-state index < -0.39 is 0 Å². The Hall–Kier alpha value is -2.09. The highest BCUT2D eigenvalue weighted by molar-refractivity contribution is 7.99. The van der Waals surface area contributed by atoms with Crippen molar-refractivity contribution in [3.05, 3.63) is 56.6 Å². The van der Waals surface area contributed by atoms with Crippen molar-refractivity contribution in [3.63, 3.8) is 0 Å². The minimum absolute atomic E-state index is 0.0153. The normalized spacial score (nSPS) is 11.3.